The van der Waals surface area contributed by atoms with Crippen molar-refractivity contribution in [2.75, 3.05) is 6.61 Å². The van der Waals surface area contributed by atoms with Gasteiger partial charge in [0.2, 0.25) is 0 Å². The second kappa shape index (κ2) is 8.89. The van der Waals surface area contributed by atoms with Crippen LogP contribution in [-0.2, 0) is 20.5 Å². The molecule has 1 atom stereocenters. The number of halogens is 4. The average Bonchev–Trinajstić information content (AvgIpc) is 2.50. The number of hydrogen-bond acceptors (Lipinski definition) is 3. The molecule has 0 spiro atoms. The Hall–Kier alpha value is -2.02. The van der Waals surface area contributed by atoms with Crippen molar-refractivity contribution in [2.45, 2.75) is 33.0 Å². The van der Waals surface area contributed by atoms with Gasteiger partial charge in [0.1, 0.15) is 0 Å². The summed E-state index contributed by atoms with van der Waals surface area (Å²) in [7, 11) is 0. The molecule has 0 radical (unpaired) electrons. The van der Waals surface area contributed by atoms with Gasteiger partial charge in [-0.1, -0.05) is 31.5 Å². The van der Waals surface area contributed by atoms with Crippen LogP contribution >= 0.6 is 11.6 Å². The second-order valence-electron chi connectivity index (χ2n) is 5.78. The summed E-state index contributed by atoms with van der Waals surface area (Å²) >= 11 is 5.51. The third-order valence-corrected chi connectivity index (χ3v) is 3.77. The van der Waals surface area contributed by atoms with Crippen LogP contribution in [0.25, 0.3) is 6.08 Å². The molecule has 0 aliphatic heterocycles. The van der Waals surface area contributed by atoms with Crippen molar-refractivity contribution in [3.63, 3.8) is 0 Å². The molecule has 0 unspecified atom stereocenters. The fraction of sp³-hybridized carbons (Fsp3) is 0.412. The van der Waals surface area contributed by atoms with Crippen molar-refractivity contribution in [3.8, 4) is 0 Å². The molecule has 0 heterocycles. The van der Waals surface area contributed by atoms with Gasteiger partial charge >= 0.3 is 12.1 Å². The molecule has 0 saturated heterocycles. The highest BCUT2D eigenvalue weighted by Crippen LogP contribution is 2.35. The molecule has 0 aliphatic rings. The van der Waals surface area contributed by atoms with Crippen LogP contribution in [0, 0.1) is 5.92 Å². The number of rotatable bonds is 6. The molecule has 0 aromatic heterocycles. The highest BCUT2D eigenvalue weighted by Gasteiger charge is 2.33. The van der Waals surface area contributed by atoms with Crippen LogP contribution in [0.15, 0.2) is 24.3 Å². The number of hydrogen-bond donors (Lipinski definition) is 1. The lowest BCUT2D eigenvalue weighted by atomic mass is 10.1. The zero-order valence-corrected chi connectivity index (χ0v) is 14.7. The Balaban J connectivity index is 2.62. The van der Waals surface area contributed by atoms with Crippen molar-refractivity contribution >= 4 is 29.6 Å². The van der Waals surface area contributed by atoms with Crippen molar-refractivity contribution in [2.24, 2.45) is 5.92 Å². The topological polar surface area (TPSA) is 55.4 Å². The second-order valence-corrected chi connectivity index (χ2v) is 6.19. The van der Waals surface area contributed by atoms with Gasteiger partial charge in [0.05, 0.1) is 10.6 Å². The van der Waals surface area contributed by atoms with Crippen molar-refractivity contribution in [3.05, 3.63) is 40.4 Å². The summed E-state index contributed by atoms with van der Waals surface area (Å²) in [5.74, 6) is -1.06. The van der Waals surface area contributed by atoms with Gasteiger partial charge in [-0.3, -0.25) is 4.79 Å². The molecule has 0 saturated carbocycles. The Kier molecular flexibility index (Phi) is 7.48. The molecule has 1 rings (SSSR count). The fourth-order valence-corrected chi connectivity index (χ4v) is 1.90. The number of carbonyl (C=O) groups is 2. The predicted molar refractivity (Wildman–Crippen MR) is 88.9 cm³/mol. The molecular weight excluding hydrogens is 359 g/mol. The van der Waals surface area contributed by atoms with Crippen molar-refractivity contribution < 1.29 is 27.5 Å². The molecular formula is C17H19ClF3NO3. The van der Waals surface area contributed by atoms with Gasteiger partial charge in [0.15, 0.2) is 6.61 Å². The van der Waals surface area contributed by atoms with Crippen LogP contribution in [0.4, 0.5) is 13.2 Å². The van der Waals surface area contributed by atoms with E-state index in [2.05, 4.69) is 5.32 Å². The summed E-state index contributed by atoms with van der Waals surface area (Å²) in [6.07, 6.45) is -2.49. The molecule has 0 fully saturated rings. The van der Waals surface area contributed by atoms with Crippen molar-refractivity contribution in [1.29, 1.82) is 0 Å². The Morgan fingerprint density at radius 3 is 2.48 bits per heavy atom. The molecule has 8 heteroatoms. The van der Waals surface area contributed by atoms with E-state index in [-0.39, 0.29) is 17.5 Å². The summed E-state index contributed by atoms with van der Waals surface area (Å²) in [5.41, 5.74) is -0.863. The van der Waals surface area contributed by atoms with Crippen molar-refractivity contribution in [1.82, 2.24) is 5.32 Å². The van der Waals surface area contributed by atoms with Crippen LogP contribution in [0.5, 0.6) is 0 Å². The van der Waals surface area contributed by atoms with Gasteiger partial charge in [-0.2, -0.15) is 13.2 Å². The van der Waals surface area contributed by atoms with Gasteiger partial charge in [-0.05, 0) is 36.6 Å². The van der Waals surface area contributed by atoms with Crippen LogP contribution in [0.3, 0.4) is 0 Å². The largest absolute Gasteiger partial charge is 0.452 e. The molecule has 1 aromatic carbocycles. The third kappa shape index (κ3) is 7.17. The summed E-state index contributed by atoms with van der Waals surface area (Å²) in [6.45, 7) is 5.22. The summed E-state index contributed by atoms with van der Waals surface area (Å²) < 4.78 is 43.0. The highest BCUT2D eigenvalue weighted by molar-refractivity contribution is 6.31. The van der Waals surface area contributed by atoms with E-state index in [0.29, 0.717) is 0 Å². The first-order valence-corrected chi connectivity index (χ1v) is 7.89. The van der Waals surface area contributed by atoms with E-state index < -0.39 is 35.2 Å². The first-order chi connectivity index (χ1) is 11.5. The normalized spacial score (nSPS) is 13.1. The maximum atomic E-state index is 12.8. The maximum absolute atomic E-state index is 12.8. The van der Waals surface area contributed by atoms with Crippen LogP contribution in [-0.4, -0.2) is 24.5 Å². The molecule has 25 heavy (non-hydrogen) atoms. The average molecular weight is 378 g/mol. The van der Waals surface area contributed by atoms with Gasteiger partial charge in [0, 0.05) is 12.1 Å². The minimum absolute atomic E-state index is 0.0726. The fourth-order valence-electron chi connectivity index (χ4n) is 1.68. The van der Waals surface area contributed by atoms with E-state index in [9.17, 15) is 22.8 Å². The molecule has 0 bridgehead atoms. The first kappa shape index (κ1) is 21.0. The number of carbonyl (C=O) groups excluding carboxylic acids is 2. The Morgan fingerprint density at radius 2 is 1.92 bits per heavy atom. The monoisotopic (exact) mass is 377 g/mol. The van der Waals surface area contributed by atoms with Crippen LogP contribution < -0.4 is 5.32 Å². The number of esters is 1. The van der Waals surface area contributed by atoms with E-state index in [1.165, 1.54) is 6.07 Å². The Bertz CT molecular complexity index is 657. The zero-order valence-electron chi connectivity index (χ0n) is 14.0. The Labute approximate surface area is 149 Å². The lowest BCUT2D eigenvalue weighted by Crippen LogP contribution is -2.38. The van der Waals surface area contributed by atoms with Gasteiger partial charge in [-0.25, -0.2) is 4.79 Å². The zero-order chi connectivity index (χ0) is 19.2. The molecule has 1 aromatic rings. The molecule has 1 amide bonds. The quantitative estimate of drug-likeness (QED) is 0.600. The first-order valence-electron chi connectivity index (χ1n) is 7.51. The van der Waals surface area contributed by atoms with E-state index >= 15 is 0 Å². The standard InChI is InChI=1S/C17H19ClF3NO3/c1-10(2)11(3)22-15(23)9-25-16(24)7-5-12-4-6-14(18)13(8-12)17(19,20)21/h4-8,10-11H,9H2,1-3H3,(H,22,23)/b7-5+/t11-/m0/s1. The third-order valence-electron chi connectivity index (χ3n) is 3.44. The molecule has 1 N–H and O–H groups in total. The van der Waals surface area contributed by atoms with E-state index in [1.54, 1.807) is 0 Å². The van der Waals surface area contributed by atoms with Gasteiger partial charge in [-0.15, -0.1) is 0 Å². The number of amides is 1. The Morgan fingerprint density at radius 1 is 1.28 bits per heavy atom. The molecule has 0 aliphatic carbocycles. The van der Waals surface area contributed by atoms with Gasteiger partial charge in [0.25, 0.3) is 5.91 Å². The van der Waals surface area contributed by atoms with Crippen LogP contribution in [0.1, 0.15) is 31.9 Å². The summed E-state index contributed by atoms with van der Waals surface area (Å²) in [6, 6.07) is 3.18. The molecule has 138 valence electrons. The number of alkyl halides is 3. The van der Waals surface area contributed by atoms with E-state index in [0.717, 1.165) is 24.3 Å². The van der Waals surface area contributed by atoms with E-state index in [4.69, 9.17) is 16.3 Å². The minimum Gasteiger partial charge on any atom is -0.452 e. The highest BCUT2D eigenvalue weighted by atomic mass is 35.5. The summed E-state index contributed by atoms with van der Waals surface area (Å²) in [4.78, 5) is 23.1. The number of nitrogens with one attached hydrogen (secondary N) is 1. The SMILES string of the molecule is CC(C)[C@H](C)NC(=O)COC(=O)/C=C/c1ccc(Cl)c(C(F)(F)F)c1. The lowest BCUT2D eigenvalue weighted by molar-refractivity contribution is -0.144. The number of ether oxygens (including phenoxy) is 1. The smallest absolute Gasteiger partial charge is 0.417 e. The molecule has 4 nitrogen and oxygen atoms in total. The van der Waals surface area contributed by atoms with Gasteiger partial charge < -0.3 is 10.1 Å². The maximum Gasteiger partial charge on any atom is 0.417 e. The van der Waals surface area contributed by atoms with E-state index in [1.807, 2.05) is 20.8 Å². The number of benzene rings is 1. The predicted octanol–water partition coefficient (Wildman–Crippen LogP) is 4.08. The minimum atomic E-state index is -4.59. The lowest BCUT2D eigenvalue weighted by Gasteiger charge is -2.16. The van der Waals surface area contributed by atoms with Crippen LogP contribution in [0.2, 0.25) is 5.02 Å². The summed E-state index contributed by atoms with van der Waals surface area (Å²) in [5, 5.41) is 2.23.